The molecule has 1 N–H and O–H groups in total. The van der Waals surface area contributed by atoms with Crippen molar-refractivity contribution in [2.45, 2.75) is 12.8 Å². The Morgan fingerprint density at radius 2 is 2.08 bits per heavy atom. The Morgan fingerprint density at radius 3 is 2.88 bits per heavy atom. The number of ether oxygens (including phenoxy) is 1. The molecule has 3 heterocycles. The third-order valence-corrected chi connectivity index (χ3v) is 4.17. The van der Waals surface area contributed by atoms with Crippen molar-refractivity contribution < 1.29 is 14.3 Å². The maximum Gasteiger partial charge on any atom is 0.377 e. The molecule has 1 aromatic carbocycles. The molecular weight excluding hydrogens is 308 g/mol. The fraction of sp³-hybridized carbons (Fsp3) is 0.176. The van der Waals surface area contributed by atoms with Gasteiger partial charge in [-0.1, -0.05) is 18.2 Å². The molecule has 1 unspecified atom stereocenters. The lowest BCUT2D eigenvalue weighted by atomic mass is 9.95. The van der Waals surface area contributed by atoms with Gasteiger partial charge in [-0.15, -0.1) is 5.10 Å². The molecule has 2 aromatic heterocycles. The quantitative estimate of drug-likeness (QED) is 0.728. The van der Waals surface area contributed by atoms with E-state index in [1.807, 2.05) is 37.3 Å². The van der Waals surface area contributed by atoms with E-state index in [4.69, 9.17) is 4.74 Å². The van der Waals surface area contributed by atoms with Crippen molar-refractivity contribution in [2.24, 2.45) is 0 Å². The van der Waals surface area contributed by atoms with E-state index in [9.17, 15) is 9.59 Å². The monoisotopic (exact) mass is 322 g/mol. The second kappa shape index (κ2) is 5.16. The molecule has 0 saturated carbocycles. The second-order valence-electron chi connectivity index (χ2n) is 5.61. The smallest absolute Gasteiger partial charge is 0.377 e. The van der Waals surface area contributed by atoms with Crippen LogP contribution < -0.4 is 5.32 Å². The first-order valence-electron chi connectivity index (χ1n) is 7.44. The van der Waals surface area contributed by atoms with Gasteiger partial charge in [-0.25, -0.2) is 14.3 Å². The highest BCUT2D eigenvalue weighted by Crippen LogP contribution is 2.38. The molecule has 24 heavy (non-hydrogen) atoms. The number of carbonyl (C=O) groups excluding carboxylic acids is 2. The Hall–Kier alpha value is -3.22. The number of hydrogen-bond donors (Lipinski definition) is 1. The summed E-state index contributed by atoms with van der Waals surface area (Å²) in [6, 6.07) is 9.33. The maximum atomic E-state index is 12.6. The SMILES string of the molecule is COC(=O)c1nc(C2C(=O)Nc3ccccc32)c2c(C)ccn2n1. The molecule has 7 heteroatoms. The van der Waals surface area contributed by atoms with Crippen LogP contribution in [-0.2, 0) is 9.53 Å². The van der Waals surface area contributed by atoms with Crippen LogP contribution in [0.5, 0.6) is 0 Å². The number of esters is 1. The Balaban J connectivity index is 2.00. The molecular formula is C17H14N4O3. The highest BCUT2D eigenvalue weighted by Gasteiger charge is 2.35. The predicted octanol–water partition coefficient (Wildman–Crippen LogP) is 1.91. The van der Waals surface area contributed by atoms with Gasteiger partial charge in [-0.05, 0) is 30.2 Å². The van der Waals surface area contributed by atoms with Crippen LogP contribution in [0.1, 0.15) is 33.4 Å². The van der Waals surface area contributed by atoms with E-state index < -0.39 is 11.9 Å². The van der Waals surface area contributed by atoms with Gasteiger partial charge in [0, 0.05) is 11.9 Å². The fourth-order valence-corrected chi connectivity index (χ4v) is 3.07. The number of benzene rings is 1. The summed E-state index contributed by atoms with van der Waals surface area (Å²) in [7, 11) is 1.27. The van der Waals surface area contributed by atoms with Crippen molar-refractivity contribution in [2.75, 3.05) is 12.4 Å². The van der Waals surface area contributed by atoms with Gasteiger partial charge < -0.3 is 10.1 Å². The standard InChI is InChI=1S/C17H14N4O3/c1-9-7-8-21-14(9)13(19-15(20-21)17(23)24-2)12-10-5-3-4-6-11(10)18-16(12)22/h3-8,12H,1-2H3,(H,18,22). The first-order chi connectivity index (χ1) is 11.6. The third-order valence-electron chi connectivity index (χ3n) is 4.17. The highest BCUT2D eigenvalue weighted by molar-refractivity contribution is 6.05. The average molecular weight is 322 g/mol. The van der Waals surface area contributed by atoms with Gasteiger partial charge in [0.25, 0.3) is 5.82 Å². The van der Waals surface area contributed by atoms with Gasteiger partial charge in [0.1, 0.15) is 5.92 Å². The lowest BCUT2D eigenvalue weighted by Crippen LogP contribution is -2.19. The first kappa shape index (κ1) is 14.4. The first-order valence-corrected chi connectivity index (χ1v) is 7.44. The van der Waals surface area contributed by atoms with Crippen molar-refractivity contribution in [1.82, 2.24) is 14.6 Å². The number of carbonyl (C=O) groups is 2. The molecule has 1 amide bonds. The summed E-state index contributed by atoms with van der Waals surface area (Å²) in [5.41, 5.74) is 3.74. The van der Waals surface area contributed by atoms with Crippen LogP contribution in [0, 0.1) is 6.92 Å². The molecule has 0 radical (unpaired) electrons. The lowest BCUT2D eigenvalue weighted by molar-refractivity contribution is -0.116. The molecule has 1 atom stereocenters. The highest BCUT2D eigenvalue weighted by atomic mass is 16.5. The number of aryl methyl sites for hydroxylation is 1. The molecule has 0 aliphatic carbocycles. The minimum absolute atomic E-state index is 0.0761. The second-order valence-corrected chi connectivity index (χ2v) is 5.61. The number of anilines is 1. The van der Waals surface area contributed by atoms with Crippen molar-refractivity contribution >= 4 is 23.1 Å². The third kappa shape index (κ3) is 1.98. The average Bonchev–Trinajstić information content (AvgIpc) is 3.13. The zero-order valence-corrected chi connectivity index (χ0v) is 13.1. The molecule has 3 aromatic rings. The molecule has 120 valence electrons. The van der Waals surface area contributed by atoms with Gasteiger partial charge in [0.05, 0.1) is 18.3 Å². The molecule has 1 aliphatic heterocycles. The van der Waals surface area contributed by atoms with Crippen molar-refractivity contribution in [3.8, 4) is 0 Å². The van der Waals surface area contributed by atoms with E-state index in [2.05, 4.69) is 15.4 Å². The van der Waals surface area contributed by atoms with Crippen LogP contribution in [0.25, 0.3) is 5.52 Å². The Morgan fingerprint density at radius 1 is 1.29 bits per heavy atom. The summed E-state index contributed by atoms with van der Waals surface area (Å²) < 4.78 is 6.30. The Labute approximate surface area is 137 Å². The van der Waals surface area contributed by atoms with E-state index in [0.29, 0.717) is 5.69 Å². The van der Waals surface area contributed by atoms with Gasteiger partial charge in [-0.3, -0.25) is 4.79 Å². The van der Waals surface area contributed by atoms with Crippen molar-refractivity contribution in [1.29, 1.82) is 0 Å². The summed E-state index contributed by atoms with van der Waals surface area (Å²) in [5, 5.41) is 7.04. The zero-order valence-electron chi connectivity index (χ0n) is 13.1. The number of rotatable bonds is 2. The maximum absolute atomic E-state index is 12.6. The van der Waals surface area contributed by atoms with E-state index in [0.717, 1.165) is 22.3 Å². The van der Waals surface area contributed by atoms with Crippen LogP contribution in [0.3, 0.4) is 0 Å². The molecule has 7 nitrogen and oxygen atoms in total. The minimum atomic E-state index is -0.642. The zero-order chi connectivity index (χ0) is 16.8. The topological polar surface area (TPSA) is 85.6 Å². The number of amides is 1. The van der Waals surface area contributed by atoms with E-state index >= 15 is 0 Å². The fourth-order valence-electron chi connectivity index (χ4n) is 3.07. The molecule has 0 bridgehead atoms. The van der Waals surface area contributed by atoms with E-state index in [1.54, 1.807) is 10.7 Å². The number of fused-ring (bicyclic) bond motifs is 2. The normalized spacial score (nSPS) is 16.1. The predicted molar refractivity (Wildman–Crippen MR) is 86.0 cm³/mol. The largest absolute Gasteiger partial charge is 0.463 e. The number of nitrogens with one attached hydrogen (secondary N) is 1. The summed E-state index contributed by atoms with van der Waals surface area (Å²) in [5.74, 6) is -1.49. The van der Waals surface area contributed by atoms with Crippen molar-refractivity contribution in [3.63, 3.8) is 0 Å². The molecule has 0 fully saturated rings. The van der Waals surface area contributed by atoms with Crippen LogP contribution >= 0.6 is 0 Å². The summed E-state index contributed by atoms with van der Waals surface area (Å²) in [4.78, 5) is 28.8. The van der Waals surface area contributed by atoms with Crippen molar-refractivity contribution in [3.05, 3.63) is 59.2 Å². The van der Waals surface area contributed by atoms with Crippen LogP contribution in [0.15, 0.2) is 36.5 Å². The van der Waals surface area contributed by atoms with E-state index in [1.165, 1.54) is 7.11 Å². The lowest BCUT2D eigenvalue weighted by Gasteiger charge is -2.12. The van der Waals surface area contributed by atoms with Gasteiger partial charge in [-0.2, -0.15) is 0 Å². The molecule has 0 spiro atoms. The van der Waals surface area contributed by atoms with Crippen LogP contribution in [0.2, 0.25) is 0 Å². The molecule has 4 rings (SSSR count). The Bertz CT molecular complexity index is 993. The summed E-state index contributed by atoms with van der Waals surface area (Å²) in [6.07, 6.45) is 1.74. The van der Waals surface area contributed by atoms with Gasteiger partial charge >= 0.3 is 5.97 Å². The number of para-hydroxylation sites is 1. The number of aromatic nitrogens is 3. The summed E-state index contributed by atoms with van der Waals surface area (Å²) >= 11 is 0. The number of nitrogens with zero attached hydrogens (tertiary/aromatic N) is 3. The van der Waals surface area contributed by atoms with Crippen LogP contribution in [-0.4, -0.2) is 33.6 Å². The minimum Gasteiger partial charge on any atom is -0.463 e. The number of methoxy groups -OCH3 is 1. The molecule has 1 aliphatic rings. The van der Waals surface area contributed by atoms with Gasteiger partial charge in [0.15, 0.2) is 0 Å². The van der Waals surface area contributed by atoms with Gasteiger partial charge in [0.2, 0.25) is 5.91 Å². The number of hydrogen-bond acceptors (Lipinski definition) is 5. The van der Waals surface area contributed by atoms with E-state index in [-0.39, 0.29) is 11.7 Å². The molecule has 0 saturated heterocycles. The Kier molecular flexibility index (Phi) is 3.09. The van der Waals surface area contributed by atoms with Crippen LogP contribution in [0.4, 0.5) is 5.69 Å². The summed E-state index contributed by atoms with van der Waals surface area (Å²) in [6.45, 7) is 1.92.